The molecule has 1 aliphatic carbocycles. The van der Waals surface area contributed by atoms with Crippen molar-refractivity contribution in [2.45, 2.75) is 18.8 Å². The first kappa shape index (κ1) is 7.80. The quantitative estimate of drug-likeness (QED) is 0.701. The summed E-state index contributed by atoms with van der Waals surface area (Å²) < 4.78 is 1.89. The maximum atomic E-state index is 4.19. The summed E-state index contributed by atoms with van der Waals surface area (Å²) in [4.78, 5) is 0. The van der Waals surface area contributed by atoms with Gasteiger partial charge in [0, 0.05) is 12.4 Å². The minimum atomic E-state index is 0.835. The highest BCUT2D eigenvalue weighted by Gasteiger charge is 2.22. The molecule has 0 spiro atoms. The fourth-order valence-corrected chi connectivity index (χ4v) is 1.74. The van der Waals surface area contributed by atoms with Crippen LogP contribution in [0.5, 0.6) is 0 Å². The van der Waals surface area contributed by atoms with E-state index in [9.17, 15) is 0 Å². The summed E-state index contributed by atoms with van der Waals surface area (Å²) in [6.45, 7) is 0. The van der Waals surface area contributed by atoms with E-state index in [0.29, 0.717) is 0 Å². The second-order valence-electron chi connectivity index (χ2n) is 3.82. The Morgan fingerprint density at radius 2 is 1.93 bits per heavy atom. The van der Waals surface area contributed by atoms with E-state index in [-0.39, 0.29) is 0 Å². The smallest absolute Gasteiger partial charge is 0.0645 e. The molecule has 1 aliphatic rings. The molecule has 2 heteroatoms. The zero-order valence-corrected chi connectivity index (χ0v) is 7.93. The Kier molecular flexibility index (Phi) is 1.66. The number of nitrogens with zero attached hydrogens (tertiary/aromatic N) is 2. The van der Waals surface area contributed by atoms with Gasteiger partial charge in [-0.25, -0.2) is 4.68 Å². The van der Waals surface area contributed by atoms with Crippen LogP contribution in [0.3, 0.4) is 0 Å². The van der Waals surface area contributed by atoms with Crippen LogP contribution >= 0.6 is 0 Å². The van der Waals surface area contributed by atoms with Crippen molar-refractivity contribution < 1.29 is 0 Å². The van der Waals surface area contributed by atoms with Crippen molar-refractivity contribution in [1.29, 1.82) is 0 Å². The van der Waals surface area contributed by atoms with Gasteiger partial charge in [-0.15, -0.1) is 0 Å². The Bertz CT molecular complexity index is 410. The van der Waals surface area contributed by atoms with E-state index < -0.39 is 0 Å². The molecule has 0 unspecified atom stereocenters. The van der Waals surface area contributed by atoms with Crippen LogP contribution in [0.4, 0.5) is 0 Å². The average Bonchev–Trinajstić information content (AvgIpc) is 2.94. The van der Waals surface area contributed by atoms with Gasteiger partial charge in [0.25, 0.3) is 0 Å². The molecule has 0 N–H and O–H groups in total. The second-order valence-corrected chi connectivity index (χ2v) is 3.82. The van der Waals surface area contributed by atoms with E-state index in [1.165, 1.54) is 18.4 Å². The van der Waals surface area contributed by atoms with Gasteiger partial charge in [0.1, 0.15) is 0 Å². The summed E-state index contributed by atoms with van der Waals surface area (Å²) in [5, 5.41) is 4.19. The molecule has 0 atom stereocenters. The van der Waals surface area contributed by atoms with E-state index >= 15 is 0 Å². The number of benzene rings is 1. The first-order valence-corrected chi connectivity index (χ1v) is 5.03. The minimum absolute atomic E-state index is 0.835. The Labute approximate surface area is 83.2 Å². The van der Waals surface area contributed by atoms with E-state index in [1.807, 2.05) is 16.9 Å². The first-order chi connectivity index (χ1) is 6.93. The molecule has 0 radical (unpaired) electrons. The molecule has 3 rings (SSSR count). The monoisotopic (exact) mass is 184 g/mol. The molecule has 1 aromatic heterocycles. The standard InChI is InChI=1S/C12H12N2/c1-8-13-14(9-1)12-6-4-11(5-7-12)10-2-3-10/h1,4-10H,2-3H2. The number of rotatable bonds is 2. The molecule has 0 bridgehead atoms. The summed E-state index contributed by atoms with van der Waals surface area (Å²) in [5.74, 6) is 0.835. The van der Waals surface area contributed by atoms with E-state index in [4.69, 9.17) is 0 Å². The molecular weight excluding hydrogens is 172 g/mol. The first-order valence-electron chi connectivity index (χ1n) is 5.03. The molecule has 70 valence electrons. The van der Waals surface area contributed by atoms with Crippen LogP contribution in [0.15, 0.2) is 42.7 Å². The van der Waals surface area contributed by atoms with Crippen molar-refractivity contribution in [3.63, 3.8) is 0 Å². The van der Waals surface area contributed by atoms with Crippen molar-refractivity contribution in [2.75, 3.05) is 0 Å². The van der Waals surface area contributed by atoms with Crippen LogP contribution in [-0.2, 0) is 0 Å². The van der Waals surface area contributed by atoms with Crippen molar-refractivity contribution >= 4 is 0 Å². The summed E-state index contributed by atoms with van der Waals surface area (Å²) in [6, 6.07) is 10.7. The largest absolute Gasteiger partial charge is 0.241 e. The topological polar surface area (TPSA) is 17.8 Å². The third-order valence-electron chi connectivity index (χ3n) is 2.71. The Balaban J connectivity index is 1.93. The molecule has 2 nitrogen and oxygen atoms in total. The summed E-state index contributed by atoms with van der Waals surface area (Å²) in [6.07, 6.45) is 6.49. The average molecular weight is 184 g/mol. The van der Waals surface area contributed by atoms with E-state index in [1.54, 1.807) is 6.20 Å². The SMILES string of the molecule is c1cnn(-c2ccc(C3CC3)cc2)c1. The third kappa shape index (κ3) is 1.33. The van der Waals surface area contributed by atoms with Crippen LogP contribution in [-0.4, -0.2) is 9.78 Å². The summed E-state index contributed by atoms with van der Waals surface area (Å²) >= 11 is 0. The molecule has 0 aliphatic heterocycles. The van der Waals surface area contributed by atoms with Gasteiger partial charge in [0.05, 0.1) is 5.69 Å². The zero-order valence-electron chi connectivity index (χ0n) is 7.93. The molecule has 1 heterocycles. The molecule has 14 heavy (non-hydrogen) atoms. The van der Waals surface area contributed by atoms with Crippen molar-refractivity contribution in [2.24, 2.45) is 0 Å². The lowest BCUT2D eigenvalue weighted by molar-refractivity contribution is 0.879. The lowest BCUT2D eigenvalue weighted by Gasteiger charge is -2.02. The van der Waals surface area contributed by atoms with Gasteiger partial charge in [0.2, 0.25) is 0 Å². The van der Waals surface area contributed by atoms with Crippen LogP contribution < -0.4 is 0 Å². The van der Waals surface area contributed by atoms with Gasteiger partial charge in [-0.3, -0.25) is 0 Å². The highest BCUT2D eigenvalue weighted by Crippen LogP contribution is 2.39. The molecule has 1 aromatic carbocycles. The normalized spacial score (nSPS) is 15.7. The number of hydrogen-bond donors (Lipinski definition) is 0. The summed E-state index contributed by atoms with van der Waals surface area (Å²) in [7, 11) is 0. The van der Waals surface area contributed by atoms with Crippen molar-refractivity contribution in [3.05, 3.63) is 48.3 Å². The predicted molar refractivity (Wildman–Crippen MR) is 55.5 cm³/mol. The molecule has 0 amide bonds. The summed E-state index contributed by atoms with van der Waals surface area (Å²) in [5.41, 5.74) is 2.61. The van der Waals surface area contributed by atoms with E-state index in [2.05, 4.69) is 29.4 Å². The van der Waals surface area contributed by atoms with Gasteiger partial charge in [-0.2, -0.15) is 5.10 Å². The zero-order chi connectivity index (χ0) is 9.38. The number of hydrogen-bond acceptors (Lipinski definition) is 1. The van der Waals surface area contributed by atoms with E-state index in [0.717, 1.165) is 11.6 Å². The molecular formula is C12H12N2. The van der Waals surface area contributed by atoms with Gasteiger partial charge >= 0.3 is 0 Å². The molecule has 2 aromatic rings. The molecule has 1 saturated carbocycles. The number of aromatic nitrogens is 2. The van der Waals surface area contributed by atoms with Crippen molar-refractivity contribution in [1.82, 2.24) is 9.78 Å². The van der Waals surface area contributed by atoms with Crippen LogP contribution in [0.25, 0.3) is 5.69 Å². The van der Waals surface area contributed by atoms with Crippen LogP contribution in [0, 0.1) is 0 Å². The highest BCUT2D eigenvalue weighted by atomic mass is 15.3. The lowest BCUT2D eigenvalue weighted by atomic mass is 10.1. The second kappa shape index (κ2) is 2.98. The van der Waals surface area contributed by atoms with Crippen LogP contribution in [0.2, 0.25) is 0 Å². The van der Waals surface area contributed by atoms with Crippen LogP contribution in [0.1, 0.15) is 24.3 Å². The Morgan fingerprint density at radius 3 is 2.50 bits per heavy atom. The van der Waals surface area contributed by atoms with Crippen molar-refractivity contribution in [3.8, 4) is 5.69 Å². The maximum Gasteiger partial charge on any atom is 0.0645 e. The maximum absolute atomic E-state index is 4.19. The fraction of sp³-hybridized carbons (Fsp3) is 0.250. The van der Waals surface area contributed by atoms with Gasteiger partial charge in [0.15, 0.2) is 0 Å². The highest BCUT2D eigenvalue weighted by molar-refractivity contribution is 5.36. The fourth-order valence-electron chi connectivity index (χ4n) is 1.74. The van der Waals surface area contributed by atoms with Gasteiger partial charge in [-0.05, 0) is 42.5 Å². The lowest BCUT2D eigenvalue weighted by Crippen LogP contribution is -1.93. The van der Waals surface area contributed by atoms with Gasteiger partial charge in [-0.1, -0.05) is 12.1 Å². The van der Waals surface area contributed by atoms with Gasteiger partial charge < -0.3 is 0 Å². The molecule has 0 saturated heterocycles. The third-order valence-corrected chi connectivity index (χ3v) is 2.71. The predicted octanol–water partition coefficient (Wildman–Crippen LogP) is 2.75. The Morgan fingerprint density at radius 1 is 1.14 bits per heavy atom. The Hall–Kier alpha value is -1.57. The minimum Gasteiger partial charge on any atom is -0.241 e. The molecule has 1 fully saturated rings.